The number of benzene rings is 1. The molecule has 2 N–H and O–H groups in total. The average molecular weight is 392 g/mol. The second-order valence-corrected chi connectivity index (χ2v) is 8.82. The van der Waals surface area contributed by atoms with E-state index in [1.807, 2.05) is 22.8 Å². The van der Waals surface area contributed by atoms with Crippen molar-refractivity contribution in [2.75, 3.05) is 7.05 Å². The highest BCUT2D eigenvalue weighted by atomic mass is 16.4. The van der Waals surface area contributed by atoms with Gasteiger partial charge in [0, 0.05) is 43.0 Å². The Morgan fingerprint density at radius 3 is 2.52 bits per heavy atom. The van der Waals surface area contributed by atoms with Gasteiger partial charge < -0.3 is 15.0 Å². The summed E-state index contributed by atoms with van der Waals surface area (Å²) in [4.78, 5) is 36.0. The maximum Gasteiger partial charge on any atom is 0.341 e. The topological polar surface area (TPSA) is 88.4 Å². The number of amides is 1. The number of pyridine rings is 1. The molecule has 1 amide bonds. The number of nitrogens with one attached hydrogen (secondary N) is 1. The number of fused-ring (bicyclic) bond motifs is 4. The van der Waals surface area contributed by atoms with E-state index in [1.54, 1.807) is 7.05 Å². The minimum absolute atomic E-state index is 0.0134. The second kappa shape index (κ2) is 6.44. The molecule has 1 atom stereocenters. The fraction of sp³-hybridized carbons (Fsp3) is 0.348. The fourth-order valence-corrected chi connectivity index (χ4v) is 4.48. The Bertz CT molecular complexity index is 1150. The van der Waals surface area contributed by atoms with E-state index >= 15 is 0 Å². The summed E-state index contributed by atoms with van der Waals surface area (Å²) >= 11 is 0. The minimum atomic E-state index is -1.21. The lowest BCUT2D eigenvalue weighted by molar-refractivity contribution is 0.0693. The number of carboxylic acids is 1. The Morgan fingerprint density at radius 2 is 1.90 bits per heavy atom. The third-order valence-corrected chi connectivity index (χ3v) is 6.00. The molecule has 0 saturated heterocycles. The van der Waals surface area contributed by atoms with Gasteiger partial charge in [-0.3, -0.25) is 9.59 Å². The molecule has 1 aliphatic carbocycles. The molecule has 6 nitrogen and oxygen atoms in total. The van der Waals surface area contributed by atoms with Crippen molar-refractivity contribution in [3.8, 4) is 0 Å². The van der Waals surface area contributed by atoms with Gasteiger partial charge in [-0.15, -0.1) is 0 Å². The minimum Gasteiger partial charge on any atom is -0.477 e. The quantitative estimate of drug-likeness (QED) is 0.820. The van der Waals surface area contributed by atoms with Crippen LogP contribution >= 0.6 is 0 Å². The summed E-state index contributed by atoms with van der Waals surface area (Å²) in [6.45, 7) is 6.36. The van der Waals surface area contributed by atoms with E-state index in [-0.39, 0.29) is 22.9 Å². The van der Waals surface area contributed by atoms with Gasteiger partial charge in [0.15, 0.2) is 5.43 Å². The van der Waals surface area contributed by atoms with E-state index in [4.69, 9.17) is 0 Å². The maximum absolute atomic E-state index is 12.5. The van der Waals surface area contributed by atoms with Crippen molar-refractivity contribution in [2.45, 2.75) is 39.7 Å². The zero-order valence-electron chi connectivity index (χ0n) is 17.0. The van der Waals surface area contributed by atoms with Gasteiger partial charge in [-0.2, -0.15) is 0 Å². The molecule has 0 spiro atoms. The Hall–Kier alpha value is -3.15. The van der Waals surface area contributed by atoms with Crippen molar-refractivity contribution in [3.63, 3.8) is 0 Å². The van der Waals surface area contributed by atoms with E-state index in [1.165, 1.54) is 17.8 Å². The standard InChI is InChI=1S/C23H24N2O4/c1-23(2,3)20-9-15-14-6-5-12(21(27)24-4)7-13(14)8-16(15)18-10-19(26)17(22(28)29)11-25(18)20/h5-7,10-11,20H,8-9H2,1-4H3,(H,24,27)(H,28,29)/t20-/m0/s1. The lowest BCUT2D eigenvalue weighted by Gasteiger charge is -2.39. The van der Waals surface area contributed by atoms with Crippen molar-refractivity contribution in [2.24, 2.45) is 5.41 Å². The van der Waals surface area contributed by atoms with Gasteiger partial charge in [-0.05, 0) is 46.2 Å². The Balaban J connectivity index is 1.90. The third-order valence-electron chi connectivity index (χ3n) is 6.00. The molecular weight excluding hydrogens is 368 g/mol. The van der Waals surface area contributed by atoms with Gasteiger partial charge in [0.25, 0.3) is 5.91 Å². The van der Waals surface area contributed by atoms with E-state index in [9.17, 15) is 19.5 Å². The number of aromatic carboxylic acids is 1. The van der Waals surface area contributed by atoms with Crippen molar-refractivity contribution < 1.29 is 14.7 Å². The number of aromatic nitrogens is 1. The van der Waals surface area contributed by atoms with Crippen LogP contribution in [0.25, 0.3) is 11.1 Å². The van der Waals surface area contributed by atoms with Crippen molar-refractivity contribution in [1.82, 2.24) is 9.88 Å². The van der Waals surface area contributed by atoms with E-state index in [0.29, 0.717) is 12.0 Å². The molecule has 2 aliphatic rings. The summed E-state index contributed by atoms with van der Waals surface area (Å²) < 4.78 is 1.97. The van der Waals surface area contributed by atoms with Gasteiger partial charge in [0.05, 0.1) is 0 Å². The summed E-state index contributed by atoms with van der Waals surface area (Å²) in [6, 6.07) is 7.20. The molecule has 0 unspecified atom stereocenters. The van der Waals surface area contributed by atoms with E-state index < -0.39 is 11.4 Å². The molecule has 150 valence electrons. The van der Waals surface area contributed by atoms with Crippen LogP contribution in [0.3, 0.4) is 0 Å². The van der Waals surface area contributed by atoms with Crippen LogP contribution in [0.1, 0.15) is 70.8 Å². The predicted molar refractivity (Wildman–Crippen MR) is 111 cm³/mol. The molecule has 6 heteroatoms. The van der Waals surface area contributed by atoms with Crippen LogP contribution in [0, 0.1) is 5.41 Å². The first kappa shape index (κ1) is 19.2. The van der Waals surface area contributed by atoms with Crippen molar-refractivity contribution in [1.29, 1.82) is 0 Å². The predicted octanol–water partition coefficient (Wildman–Crippen LogP) is 3.36. The van der Waals surface area contributed by atoms with Crippen LogP contribution < -0.4 is 10.7 Å². The number of allylic oxidation sites excluding steroid dienone is 2. The number of carbonyl (C=O) groups is 2. The summed E-state index contributed by atoms with van der Waals surface area (Å²) in [5, 5.41) is 12.1. The highest BCUT2D eigenvalue weighted by Crippen LogP contribution is 2.50. The first-order valence-corrected chi connectivity index (χ1v) is 9.69. The molecule has 0 radical (unpaired) electrons. The Morgan fingerprint density at radius 1 is 1.17 bits per heavy atom. The average Bonchev–Trinajstić information content (AvgIpc) is 3.03. The largest absolute Gasteiger partial charge is 0.477 e. The number of carboxylic acid groups (broad SMARTS) is 1. The molecule has 29 heavy (non-hydrogen) atoms. The molecule has 0 bridgehead atoms. The zero-order chi connectivity index (χ0) is 21.1. The molecule has 0 saturated carbocycles. The second-order valence-electron chi connectivity index (χ2n) is 8.82. The van der Waals surface area contributed by atoms with Gasteiger partial charge in [-0.1, -0.05) is 26.8 Å². The summed E-state index contributed by atoms with van der Waals surface area (Å²) in [5.74, 6) is -1.34. The third kappa shape index (κ3) is 2.99. The maximum atomic E-state index is 12.5. The molecule has 2 aromatic rings. The number of rotatable bonds is 2. The van der Waals surface area contributed by atoms with E-state index in [0.717, 1.165) is 28.8 Å². The molecule has 4 rings (SSSR count). The van der Waals surface area contributed by atoms with Crippen LogP contribution in [0.2, 0.25) is 0 Å². The molecule has 2 heterocycles. The first-order chi connectivity index (χ1) is 13.6. The van der Waals surface area contributed by atoms with Crippen LogP contribution in [-0.2, 0) is 6.42 Å². The number of nitrogens with zero attached hydrogens (tertiary/aromatic N) is 1. The highest BCUT2D eigenvalue weighted by Gasteiger charge is 2.37. The molecule has 0 fully saturated rings. The van der Waals surface area contributed by atoms with Crippen LogP contribution in [-0.4, -0.2) is 28.6 Å². The summed E-state index contributed by atoms with van der Waals surface area (Å²) in [6.07, 6.45) is 2.87. The molecule has 1 aliphatic heterocycles. The monoisotopic (exact) mass is 392 g/mol. The Kier molecular flexibility index (Phi) is 4.26. The Labute approximate surface area is 168 Å². The first-order valence-electron chi connectivity index (χ1n) is 9.69. The SMILES string of the molecule is CNC(=O)c1ccc2c(c1)CC1=C2C[C@@H](C(C)(C)C)n2cc(C(=O)O)c(=O)cc21. The zero-order valence-corrected chi connectivity index (χ0v) is 17.0. The van der Waals surface area contributed by atoms with Gasteiger partial charge in [0.1, 0.15) is 5.56 Å². The summed E-state index contributed by atoms with van der Waals surface area (Å²) in [5.41, 5.74) is 4.97. The summed E-state index contributed by atoms with van der Waals surface area (Å²) in [7, 11) is 1.61. The van der Waals surface area contributed by atoms with Gasteiger partial charge >= 0.3 is 5.97 Å². The van der Waals surface area contributed by atoms with Crippen molar-refractivity contribution >= 4 is 23.0 Å². The van der Waals surface area contributed by atoms with Crippen LogP contribution in [0.15, 0.2) is 35.3 Å². The molecular formula is C23H24N2O4. The highest BCUT2D eigenvalue weighted by molar-refractivity contribution is 6.00. The molecule has 1 aromatic carbocycles. The lowest BCUT2D eigenvalue weighted by Crippen LogP contribution is -2.32. The molecule has 1 aromatic heterocycles. The normalized spacial score (nSPS) is 17.4. The van der Waals surface area contributed by atoms with E-state index in [2.05, 4.69) is 26.1 Å². The van der Waals surface area contributed by atoms with Gasteiger partial charge in [0.2, 0.25) is 0 Å². The van der Waals surface area contributed by atoms with Crippen molar-refractivity contribution in [3.05, 3.63) is 68.6 Å². The smallest absolute Gasteiger partial charge is 0.341 e. The van der Waals surface area contributed by atoms with Crippen LogP contribution in [0.5, 0.6) is 0 Å². The number of carbonyl (C=O) groups excluding carboxylic acids is 1. The number of hydrogen-bond acceptors (Lipinski definition) is 3. The number of hydrogen-bond donors (Lipinski definition) is 2. The fourth-order valence-electron chi connectivity index (χ4n) is 4.48. The van der Waals surface area contributed by atoms with Crippen LogP contribution in [0.4, 0.5) is 0 Å². The van der Waals surface area contributed by atoms with Gasteiger partial charge in [-0.25, -0.2) is 4.79 Å². The lowest BCUT2D eigenvalue weighted by atomic mass is 9.78.